The molecule has 0 aromatic carbocycles. The average Bonchev–Trinajstić information content (AvgIpc) is 2.28. The van der Waals surface area contributed by atoms with Gasteiger partial charge < -0.3 is 5.32 Å². The lowest BCUT2D eigenvalue weighted by atomic mass is 10.1. The minimum Gasteiger partial charge on any atom is -0.345 e. The van der Waals surface area contributed by atoms with Gasteiger partial charge in [0.25, 0.3) is 5.91 Å². The predicted molar refractivity (Wildman–Crippen MR) is 61.2 cm³/mol. The zero-order valence-electron chi connectivity index (χ0n) is 9.12. The number of pyridine rings is 1. The predicted octanol–water partition coefficient (Wildman–Crippen LogP) is 1.70. The number of hydrogen-bond donors (Lipinski definition) is 1. The van der Waals surface area contributed by atoms with Gasteiger partial charge in [-0.25, -0.2) is 4.98 Å². The van der Waals surface area contributed by atoms with E-state index in [4.69, 9.17) is 16.9 Å². The molecule has 16 heavy (non-hydrogen) atoms. The number of amides is 1. The molecule has 0 radical (unpaired) electrons. The van der Waals surface area contributed by atoms with Crippen LogP contribution in [0.15, 0.2) is 18.3 Å². The summed E-state index contributed by atoms with van der Waals surface area (Å²) in [5.74, 6) is 0.0183. The highest BCUT2D eigenvalue weighted by Gasteiger charge is 2.20. The van der Waals surface area contributed by atoms with Crippen LogP contribution in [0.25, 0.3) is 0 Å². The second kappa shape index (κ2) is 4.95. The van der Waals surface area contributed by atoms with Gasteiger partial charge >= 0.3 is 0 Å². The molecule has 0 saturated carbocycles. The Kier molecular flexibility index (Phi) is 3.86. The van der Waals surface area contributed by atoms with E-state index >= 15 is 0 Å². The number of hydrogen-bond acceptors (Lipinski definition) is 3. The fraction of sp³-hybridized carbons (Fsp3) is 0.364. The number of alkyl halides is 1. The van der Waals surface area contributed by atoms with Crippen LogP contribution < -0.4 is 5.32 Å². The van der Waals surface area contributed by atoms with E-state index in [0.717, 1.165) is 0 Å². The maximum Gasteiger partial charge on any atom is 0.270 e. The Bertz CT molecular complexity index is 420. The zero-order chi connectivity index (χ0) is 12.2. The van der Waals surface area contributed by atoms with Gasteiger partial charge in [0, 0.05) is 17.6 Å². The first-order valence-corrected chi connectivity index (χ1v) is 5.26. The first-order valence-electron chi connectivity index (χ1n) is 4.73. The molecule has 0 atom stereocenters. The minimum absolute atomic E-state index is 0.275. The molecule has 4 nitrogen and oxygen atoms in total. The van der Waals surface area contributed by atoms with Crippen LogP contribution in [0.1, 0.15) is 29.9 Å². The van der Waals surface area contributed by atoms with Crippen LogP contribution in [0, 0.1) is 11.3 Å². The third kappa shape index (κ3) is 3.21. The molecule has 0 saturated heterocycles. The Morgan fingerprint density at radius 3 is 2.75 bits per heavy atom. The van der Waals surface area contributed by atoms with Gasteiger partial charge in [-0.3, -0.25) is 4.79 Å². The summed E-state index contributed by atoms with van der Waals surface area (Å²) in [5.41, 5.74) is 0.221. The number of nitriles is 1. The largest absolute Gasteiger partial charge is 0.345 e. The first kappa shape index (κ1) is 12.5. The highest BCUT2D eigenvalue weighted by Crippen LogP contribution is 2.06. The van der Waals surface area contributed by atoms with Crippen molar-refractivity contribution in [1.29, 1.82) is 5.26 Å². The monoisotopic (exact) mass is 237 g/mol. The summed E-state index contributed by atoms with van der Waals surface area (Å²) in [5, 5.41) is 11.3. The van der Waals surface area contributed by atoms with Crippen molar-refractivity contribution in [2.24, 2.45) is 0 Å². The Morgan fingerprint density at radius 1 is 1.62 bits per heavy atom. The number of halogens is 1. The molecule has 1 rings (SSSR count). The van der Waals surface area contributed by atoms with Gasteiger partial charge in [-0.15, -0.1) is 11.6 Å². The van der Waals surface area contributed by atoms with Crippen LogP contribution in [-0.2, 0) is 0 Å². The van der Waals surface area contributed by atoms with E-state index in [-0.39, 0.29) is 11.6 Å². The molecule has 0 fully saturated rings. The Hall–Kier alpha value is -1.60. The molecule has 1 aromatic heterocycles. The lowest BCUT2D eigenvalue weighted by Crippen LogP contribution is -2.45. The highest BCUT2D eigenvalue weighted by molar-refractivity contribution is 6.18. The first-order chi connectivity index (χ1) is 7.48. The number of rotatable bonds is 3. The van der Waals surface area contributed by atoms with E-state index < -0.39 is 5.54 Å². The summed E-state index contributed by atoms with van der Waals surface area (Å²) in [6.45, 7) is 3.64. The summed E-state index contributed by atoms with van der Waals surface area (Å²) in [4.78, 5) is 15.6. The SMILES string of the molecule is CC(C)(CCl)NC(=O)c1ccc(C#N)cn1. The summed E-state index contributed by atoms with van der Waals surface area (Å²) < 4.78 is 0. The summed E-state index contributed by atoms with van der Waals surface area (Å²) in [6, 6.07) is 5.00. The second-order valence-corrected chi connectivity index (χ2v) is 4.28. The third-order valence-electron chi connectivity index (χ3n) is 1.91. The van der Waals surface area contributed by atoms with Gasteiger partial charge in [-0.05, 0) is 26.0 Å². The zero-order valence-corrected chi connectivity index (χ0v) is 9.88. The third-order valence-corrected chi connectivity index (χ3v) is 2.58. The lowest BCUT2D eigenvalue weighted by molar-refractivity contribution is 0.0915. The molecule has 84 valence electrons. The summed E-state index contributed by atoms with van der Waals surface area (Å²) >= 11 is 5.69. The molecule has 1 N–H and O–H groups in total. The van der Waals surface area contributed by atoms with E-state index in [0.29, 0.717) is 11.4 Å². The molecule has 0 aliphatic carbocycles. The Balaban J connectivity index is 2.78. The van der Waals surface area contributed by atoms with Crippen molar-refractivity contribution in [3.05, 3.63) is 29.6 Å². The van der Waals surface area contributed by atoms with Crippen LogP contribution in [0.2, 0.25) is 0 Å². The van der Waals surface area contributed by atoms with Crippen LogP contribution in [-0.4, -0.2) is 22.3 Å². The molecular weight excluding hydrogens is 226 g/mol. The molecule has 0 aliphatic heterocycles. The van der Waals surface area contributed by atoms with E-state index in [9.17, 15) is 4.79 Å². The van der Waals surface area contributed by atoms with Crippen molar-refractivity contribution >= 4 is 17.5 Å². The lowest BCUT2D eigenvalue weighted by Gasteiger charge is -2.22. The number of nitrogens with one attached hydrogen (secondary N) is 1. The van der Waals surface area contributed by atoms with Crippen molar-refractivity contribution < 1.29 is 4.79 Å². The van der Waals surface area contributed by atoms with Gasteiger partial charge in [-0.1, -0.05) is 0 Å². The van der Waals surface area contributed by atoms with Gasteiger partial charge in [0.05, 0.1) is 5.56 Å². The molecule has 5 heteroatoms. The van der Waals surface area contributed by atoms with Crippen LogP contribution in [0.4, 0.5) is 0 Å². The molecular formula is C11H12ClN3O. The quantitative estimate of drug-likeness (QED) is 0.814. The number of carbonyl (C=O) groups is 1. The van der Waals surface area contributed by atoms with E-state index in [2.05, 4.69) is 10.3 Å². The fourth-order valence-electron chi connectivity index (χ4n) is 0.999. The average molecular weight is 238 g/mol. The molecule has 0 aliphatic rings. The van der Waals surface area contributed by atoms with Crippen LogP contribution in [0.3, 0.4) is 0 Å². The Morgan fingerprint density at radius 2 is 2.31 bits per heavy atom. The number of nitrogens with zero attached hydrogens (tertiary/aromatic N) is 2. The molecule has 0 unspecified atom stereocenters. The van der Waals surface area contributed by atoms with Crippen LogP contribution >= 0.6 is 11.6 Å². The standard InChI is InChI=1S/C11H12ClN3O/c1-11(2,7-12)15-10(16)9-4-3-8(5-13)6-14-9/h3-4,6H,7H2,1-2H3,(H,15,16). The molecule has 0 bridgehead atoms. The maximum atomic E-state index is 11.7. The van der Waals surface area contributed by atoms with E-state index in [1.165, 1.54) is 12.3 Å². The number of aromatic nitrogens is 1. The van der Waals surface area contributed by atoms with Crippen molar-refractivity contribution in [3.8, 4) is 6.07 Å². The van der Waals surface area contributed by atoms with E-state index in [1.54, 1.807) is 6.07 Å². The number of carbonyl (C=O) groups excluding carboxylic acids is 1. The van der Waals surface area contributed by atoms with Gasteiger partial charge in [-0.2, -0.15) is 5.26 Å². The van der Waals surface area contributed by atoms with Crippen molar-refractivity contribution in [2.75, 3.05) is 5.88 Å². The topological polar surface area (TPSA) is 65.8 Å². The minimum atomic E-state index is -0.478. The molecule has 0 spiro atoms. The Labute approximate surface area is 99.2 Å². The van der Waals surface area contributed by atoms with Crippen LogP contribution in [0.5, 0.6) is 0 Å². The van der Waals surface area contributed by atoms with Crippen molar-refractivity contribution in [3.63, 3.8) is 0 Å². The van der Waals surface area contributed by atoms with Gasteiger partial charge in [0.1, 0.15) is 11.8 Å². The van der Waals surface area contributed by atoms with Crippen molar-refractivity contribution in [1.82, 2.24) is 10.3 Å². The summed E-state index contributed by atoms with van der Waals surface area (Å²) in [6.07, 6.45) is 1.36. The molecule has 1 amide bonds. The van der Waals surface area contributed by atoms with Crippen molar-refractivity contribution in [2.45, 2.75) is 19.4 Å². The summed E-state index contributed by atoms with van der Waals surface area (Å²) in [7, 11) is 0. The maximum absolute atomic E-state index is 11.7. The second-order valence-electron chi connectivity index (χ2n) is 4.02. The smallest absolute Gasteiger partial charge is 0.270 e. The molecule has 1 heterocycles. The fourth-order valence-corrected chi connectivity index (χ4v) is 1.07. The van der Waals surface area contributed by atoms with Gasteiger partial charge in [0.15, 0.2) is 0 Å². The molecule has 1 aromatic rings. The van der Waals surface area contributed by atoms with E-state index in [1.807, 2.05) is 19.9 Å². The highest BCUT2D eigenvalue weighted by atomic mass is 35.5. The normalized spacial score (nSPS) is 10.6. The van der Waals surface area contributed by atoms with Gasteiger partial charge in [0.2, 0.25) is 0 Å².